The summed E-state index contributed by atoms with van der Waals surface area (Å²) in [4.78, 5) is 13.6. The van der Waals surface area contributed by atoms with Crippen molar-refractivity contribution in [1.82, 2.24) is 10.2 Å². The van der Waals surface area contributed by atoms with E-state index in [9.17, 15) is 13.2 Å². The van der Waals surface area contributed by atoms with Gasteiger partial charge in [-0.15, -0.1) is 0 Å². The lowest BCUT2D eigenvalue weighted by Crippen LogP contribution is -2.37. The molecule has 1 aromatic carbocycles. The van der Waals surface area contributed by atoms with Gasteiger partial charge >= 0.3 is 6.03 Å². The van der Waals surface area contributed by atoms with Crippen molar-refractivity contribution in [1.29, 1.82) is 0 Å². The summed E-state index contributed by atoms with van der Waals surface area (Å²) in [5, 5.41) is 7.81. The largest absolute Gasteiger partial charge is 0.334 e. The van der Waals surface area contributed by atoms with Crippen LogP contribution in [-0.2, 0) is 16.6 Å². The van der Waals surface area contributed by atoms with E-state index in [0.29, 0.717) is 6.54 Å². The lowest BCUT2D eigenvalue weighted by molar-refractivity contribution is 0.208. The van der Waals surface area contributed by atoms with Crippen LogP contribution in [0.5, 0.6) is 0 Å². The highest BCUT2D eigenvalue weighted by atomic mass is 32.2. The van der Waals surface area contributed by atoms with Crippen molar-refractivity contribution in [3.8, 4) is 0 Å². The van der Waals surface area contributed by atoms with E-state index in [1.165, 1.54) is 12.1 Å². The highest BCUT2D eigenvalue weighted by Crippen LogP contribution is 2.10. The van der Waals surface area contributed by atoms with Gasteiger partial charge in [0.1, 0.15) is 0 Å². The molecule has 6 nitrogen and oxygen atoms in total. The van der Waals surface area contributed by atoms with Gasteiger partial charge in [0.2, 0.25) is 10.0 Å². The molecule has 1 aliphatic heterocycles. The van der Waals surface area contributed by atoms with Crippen molar-refractivity contribution in [2.45, 2.75) is 24.3 Å². The number of nitrogens with two attached hydrogens (primary N) is 1. The van der Waals surface area contributed by atoms with Gasteiger partial charge in [0, 0.05) is 19.6 Å². The third-order valence-electron chi connectivity index (χ3n) is 3.09. The van der Waals surface area contributed by atoms with Crippen molar-refractivity contribution < 1.29 is 13.2 Å². The minimum Gasteiger partial charge on any atom is -0.334 e. The molecule has 0 aromatic heterocycles. The van der Waals surface area contributed by atoms with Gasteiger partial charge in [0.25, 0.3) is 0 Å². The highest BCUT2D eigenvalue weighted by Gasteiger charge is 2.17. The first-order valence-corrected chi connectivity index (χ1v) is 7.66. The summed E-state index contributed by atoms with van der Waals surface area (Å²) < 4.78 is 22.2. The molecule has 3 N–H and O–H groups in total. The molecule has 1 saturated heterocycles. The number of urea groups is 1. The fourth-order valence-electron chi connectivity index (χ4n) is 2.01. The fourth-order valence-corrected chi connectivity index (χ4v) is 2.52. The lowest BCUT2D eigenvalue weighted by atomic mass is 10.2. The van der Waals surface area contributed by atoms with Gasteiger partial charge in [-0.05, 0) is 30.5 Å². The van der Waals surface area contributed by atoms with E-state index in [2.05, 4.69) is 5.32 Å². The van der Waals surface area contributed by atoms with Crippen LogP contribution in [-0.4, -0.2) is 32.4 Å². The van der Waals surface area contributed by atoms with Gasteiger partial charge in [0.05, 0.1) is 4.90 Å². The smallest absolute Gasteiger partial charge is 0.317 e. The van der Waals surface area contributed by atoms with E-state index in [-0.39, 0.29) is 10.9 Å². The van der Waals surface area contributed by atoms with E-state index >= 15 is 0 Å². The second kappa shape index (κ2) is 5.58. The third-order valence-corrected chi connectivity index (χ3v) is 4.02. The third kappa shape index (κ3) is 3.68. The number of hydrogen-bond donors (Lipinski definition) is 2. The predicted molar refractivity (Wildman–Crippen MR) is 70.9 cm³/mol. The average molecular weight is 283 g/mol. The quantitative estimate of drug-likeness (QED) is 0.852. The van der Waals surface area contributed by atoms with Gasteiger partial charge in [0.15, 0.2) is 0 Å². The van der Waals surface area contributed by atoms with Crippen molar-refractivity contribution >= 4 is 16.1 Å². The molecule has 0 aliphatic carbocycles. The SMILES string of the molecule is NS(=O)(=O)c1ccc(CNC(=O)N2CCCC2)cc1. The second-order valence-corrected chi connectivity index (χ2v) is 6.10. The van der Waals surface area contributed by atoms with Crippen LogP contribution in [0.15, 0.2) is 29.2 Å². The highest BCUT2D eigenvalue weighted by molar-refractivity contribution is 7.89. The number of rotatable bonds is 3. The molecule has 0 spiro atoms. The van der Waals surface area contributed by atoms with E-state index in [4.69, 9.17) is 5.14 Å². The van der Waals surface area contributed by atoms with Crippen LogP contribution in [0.3, 0.4) is 0 Å². The van der Waals surface area contributed by atoms with E-state index in [1.54, 1.807) is 17.0 Å². The Morgan fingerprint density at radius 3 is 2.32 bits per heavy atom. The van der Waals surface area contributed by atoms with Gasteiger partial charge in [-0.2, -0.15) is 0 Å². The molecule has 1 heterocycles. The molecule has 0 unspecified atom stereocenters. The first kappa shape index (κ1) is 13.8. The van der Waals surface area contributed by atoms with Crippen LogP contribution in [0.2, 0.25) is 0 Å². The van der Waals surface area contributed by atoms with Gasteiger partial charge in [-0.1, -0.05) is 12.1 Å². The first-order valence-electron chi connectivity index (χ1n) is 6.11. The summed E-state index contributed by atoms with van der Waals surface area (Å²) in [6.45, 7) is 1.98. The second-order valence-electron chi connectivity index (χ2n) is 4.54. The number of likely N-dealkylation sites (tertiary alicyclic amines) is 1. The summed E-state index contributed by atoms with van der Waals surface area (Å²) in [5.41, 5.74) is 0.833. The molecule has 104 valence electrons. The molecular formula is C12H17N3O3S. The number of amides is 2. The minimum atomic E-state index is -3.66. The van der Waals surface area contributed by atoms with Crippen LogP contribution in [0, 0.1) is 0 Å². The maximum Gasteiger partial charge on any atom is 0.317 e. The number of sulfonamides is 1. The number of carbonyl (C=O) groups is 1. The normalized spacial score (nSPS) is 15.5. The van der Waals surface area contributed by atoms with Crippen molar-refractivity contribution in [2.75, 3.05) is 13.1 Å². The lowest BCUT2D eigenvalue weighted by Gasteiger charge is -2.16. The Morgan fingerprint density at radius 1 is 1.21 bits per heavy atom. The summed E-state index contributed by atoms with van der Waals surface area (Å²) in [5.74, 6) is 0. The summed E-state index contributed by atoms with van der Waals surface area (Å²) >= 11 is 0. The summed E-state index contributed by atoms with van der Waals surface area (Å²) in [6, 6.07) is 6.08. The molecule has 2 rings (SSSR count). The van der Waals surface area contributed by atoms with E-state index in [0.717, 1.165) is 31.5 Å². The van der Waals surface area contributed by atoms with Crippen LogP contribution < -0.4 is 10.5 Å². The number of benzene rings is 1. The predicted octanol–water partition coefficient (Wildman–Crippen LogP) is 0.639. The topological polar surface area (TPSA) is 92.5 Å². The van der Waals surface area contributed by atoms with Crippen molar-refractivity contribution in [3.05, 3.63) is 29.8 Å². The molecule has 19 heavy (non-hydrogen) atoms. The molecule has 0 bridgehead atoms. The number of carbonyl (C=O) groups excluding carboxylic acids is 1. The number of primary sulfonamides is 1. The zero-order valence-electron chi connectivity index (χ0n) is 10.5. The molecule has 0 radical (unpaired) electrons. The van der Waals surface area contributed by atoms with Gasteiger partial charge in [-0.25, -0.2) is 18.4 Å². The molecule has 1 fully saturated rings. The van der Waals surface area contributed by atoms with Gasteiger partial charge < -0.3 is 10.2 Å². The molecule has 2 amide bonds. The maximum absolute atomic E-state index is 11.7. The molecule has 0 saturated carbocycles. The van der Waals surface area contributed by atoms with E-state index < -0.39 is 10.0 Å². The molecular weight excluding hydrogens is 266 g/mol. The number of nitrogens with one attached hydrogen (secondary N) is 1. The van der Waals surface area contributed by atoms with Crippen LogP contribution in [0.1, 0.15) is 18.4 Å². The van der Waals surface area contributed by atoms with Crippen LogP contribution in [0.25, 0.3) is 0 Å². The summed E-state index contributed by atoms with van der Waals surface area (Å²) in [6.07, 6.45) is 2.10. The Hall–Kier alpha value is -1.60. The monoisotopic (exact) mass is 283 g/mol. The first-order chi connectivity index (χ1) is 8.97. The molecule has 0 atom stereocenters. The zero-order chi connectivity index (χ0) is 13.9. The molecule has 1 aliphatic rings. The van der Waals surface area contributed by atoms with Crippen molar-refractivity contribution in [3.63, 3.8) is 0 Å². The Morgan fingerprint density at radius 2 is 1.79 bits per heavy atom. The van der Waals surface area contributed by atoms with Crippen molar-refractivity contribution in [2.24, 2.45) is 5.14 Å². The Labute approximate surface area is 112 Å². The van der Waals surface area contributed by atoms with E-state index in [1.807, 2.05) is 0 Å². The zero-order valence-corrected chi connectivity index (χ0v) is 11.3. The standard InChI is InChI=1S/C12H17N3O3S/c13-19(17,18)11-5-3-10(4-6-11)9-14-12(16)15-7-1-2-8-15/h3-6H,1-2,7-9H2,(H,14,16)(H2,13,17,18). The Kier molecular flexibility index (Phi) is 4.06. The van der Waals surface area contributed by atoms with Gasteiger partial charge in [-0.3, -0.25) is 0 Å². The Balaban J connectivity index is 1.91. The maximum atomic E-state index is 11.7. The number of hydrogen-bond acceptors (Lipinski definition) is 3. The molecule has 1 aromatic rings. The molecule has 7 heteroatoms. The Bertz CT molecular complexity index is 548. The van der Waals surface area contributed by atoms with Crippen LogP contribution >= 0.6 is 0 Å². The average Bonchev–Trinajstić information content (AvgIpc) is 2.89. The number of nitrogens with zero attached hydrogens (tertiary/aromatic N) is 1. The minimum absolute atomic E-state index is 0.0714. The van der Waals surface area contributed by atoms with Crippen LogP contribution in [0.4, 0.5) is 4.79 Å². The summed E-state index contributed by atoms with van der Waals surface area (Å²) in [7, 11) is -3.66. The fraction of sp³-hybridized carbons (Fsp3) is 0.417.